The molecule has 4 rings (SSSR count). The summed E-state index contributed by atoms with van der Waals surface area (Å²) >= 11 is 0. The number of alkyl carbamates (subject to hydrolysis) is 1. The fourth-order valence-corrected chi connectivity index (χ4v) is 4.38. The molecule has 0 spiro atoms. The molecule has 0 saturated carbocycles. The molecule has 0 aromatic heterocycles. The van der Waals surface area contributed by atoms with Gasteiger partial charge in [-0.05, 0) is 48.9 Å². The van der Waals surface area contributed by atoms with Gasteiger partial charge in [0.1, 0.15) is 25.0 Å². The van der Waals surface area contributed by atoms with Crippen LogP contribution in [0, 0.1) is 0 Å². The van der Waals surface area contributed by atoms with Crippen LogP contribution in [0.2, 0.25) is 0 Å². The summed E-state index contributed by atoms with van der Waals surface area (Å²) in [5.41, 5.74) is 2.09. The molecule has 2 aromatic rings. The van der Waals surface area contributed by atoms with Crippen molar-refractivity contribution in [2.24, 2.45) is 0 Å². The number of rotatable bonds is 4. The average Bonchev–Trinajstić information content (AvgIpc) is 3.29. The summed E-state index contributed by atoms with van der Waals surface area (Å²) in [6.45, 7) is 0.980. The van der Waals surface area contributed by atoms with Crippen LogP contribution in [0.1, 0.15) is 30.4 Å². The van der Waals surface area contributed by atoms with Gasteiger partial charge < -0.3 is 24.4 Å². The number of benzene rings is 2. The lowest BCUT2D eigenvalue weighted by molar-refractivity contribution is -0.135. The number of aryl methyl sites for hydroxylation is 1. The molecule has 0 radical (unpaired) electrons. The summed E-state index contributed by atoms with van der Waals surface area (Å²) in [6.07, 6.45) is 6.12. The number of methoxy groups -OCH3 is 1. The number of allylic oxidation sites excluding steroid dienone is 1. The molecule has 1 unspecified atom stereocenters. The standard InChI is InChI=1S/C27H32N2O5/c1-32-24-16-22-19-33-23-13-8-12-20(15-23)9-4-3-7-14-25(26(30)29(22)17-24)28-27(31)34-18-21-10-5-2-6-11-21/h2-3,5-8,10-13,15,22,24-25H,4,9,14,16-19H2,1H3,(H,28,31)/b7-3+/t22-,24?,25-/m0/s1. The Balaban J connectivity index is 1.48. The van der Waals surface area contributed by atoms with Crippen LogP contribution in [-0.2, 0) is 27.3 Å². The molecule has 1 saturated heterocycles. The molecular formula is C27H32N2O5. The highest BCUT2D eigenvalue weighted by Crippen LogP contribution is 2.24. The molecule has 1 N–H and O–H groups in total. The Kier molecular flexibility index (Phi) is 8.20. The molecule has 1 fully saturated rings. The zero-order chi connectivity index (χ0) is 23.8. The van der Waals surface area contributed by atoms with E-state index in [9.17, 15) is 9.59 Å². The fourth-order valence-electron chi connectivity index (χ4n) is 4.38. The highest BCUT2D eigenvalue weighted by Gasteiger charge is 2.39. The smallest absolute Gasteiger partial charge is 0.408 e. The number of carbonyl (C=O) groups is 2. The third kappa shape index (κ3) is 6.38. The van der Waals surface area contributed by atoms with Crippen LogP contribution in [0.5, 0.6) is 5.75 Å². The largest absolute Gasteiger partial charge is 0.491 e. The maximum atomic E-state index is 13.6. The second-order valence-corrected chi connectivity index (χ2v) is 8.70. The van der Waals surface area contributed by atoms with E-state index in [0.717, 1.165) is 24.2 Å². The highest BCUT2D eigenvalue weighted by molar-refractivity contribution is 5.86. The first-order valence-electron chi connectivity index (χ1n) is 11.8. The minimum Gasteiger partial charge on any atom is -0.491 e. The summed E-state index contributed by atoms with van der Waals surface area (Å²) in [5, 5.41) is 2.79. The first-order valence-corrected chi connectivity index (χ1v) is 11.8. The van der Waals surface area contributed by atoms with E-state index in [1.165, 1.54) is 5.56 Å². The Morgan fingerprint density at radius 2 is 2.00 bits per heavy atom. The van der Waals surface area contributed by atoms with Gasteiger partial charge in [-0.2, -0.15) is 0 Å². The third-order valence-electron chi connectivity index (χ3n) is 6.27. The minimum absolute atomic E-state index is 0.0687. The number of hydrogen-bond donors (Lipinski definition) is 1. The average molecular weight is 465 g/mol. The molecule has 34 heavy (non-hydrogen) atoms. The Morgan fingerprint density at radius 3 is 2.82 bits per heavy atom. The van der Waals surface area contributed by atoms with E-state index in [1.807, 2.05) is 48.5 Å². The van der Waals surface area contributed by atoms with Crippen molar-refractivity contribution < 1.29 is 23.8 Å². The van der Waals surface area contributed by atoms with Gasteiger partial charge in [-0.25, -0.2) is 4.79 Å². The van der Waals surface area contributed by atoms with Crippen LogP contribution in [-0.4, -0.2) is 55.3 Å². The van der Waals surface area contributed by atoms with Crippen LogP contribution in [0.15, 0.2) is 66.7 Å². The Bertz CT molecular complexity index is 994. The van der Waals surface area contributed by atoms with Gasteiger partial charge in [-0.15, -0.1) is 0 Å². The Labute approximate surface area is 200 Å². The Morgan fingerprint density at radius 1 is 1.15 bits per heavy atom. The van der Waals surface area contributed by atoms with Crippen LogP contribution < -0.4 is 10.1 Å². The molecule has 2 amide bonds. The second-order valence-electron chi connectivity index (χ2n) is 8.70. The van der Waals surface area contributed by atoms with E-state index in [1.54, 1.807) is 12.0 Å². The highest BCUT2D eigenvalue weighted by atomic mass is 16.5. The molecule has 7 heteroatoms. The molecule has 2 aromatic carbocycles. The number of hydrogen-bond acceptors (Lipinski definition) is 5. The normalized spacial score (nSPS) is 23.9. The quantitative estimate of drug-likeness (QED) is 0.695. The lowest BCUT2D eigenvalue weighted by Gasteiger charge is -2.29. The third-order valence-corrected chi connectivity index (χ3v) is 6.27. The predicted octanol–water partition coefficient (Wildman–Crippen LogP) is 3.87. The van der Waals surface area contributed by atoms with Gasteiger partial charge in [-0.3, -0.25) is 4.79 Å². The molecule has 2 aliphatic rings. The molecule has 7 nitrogen and oxygen atoms in total. The van der Waals surface area contributed by atoms with Crippen molar-refractivity contribution in [3.63, 3.8) is 0 Å². The SMILES string of the molecule is COC1C[C@H]2COc3cccc(c3)CC/C=C/C[C@H](NC(=O)OCc3ccccc3)C(=O)N2C1. The summed E-state index contributed by atoms with van der Waals surface area (Å²) in [7, 11) is 1.65. The van der Waals surface area contributed by atoms with Crippen LogP contribution >= 0.6 is 0 Å². The van der Waals surface area contributed by atoms with Crippen molar-refractivity contribution in [3.8, 4) is 5.75 Å². The van der Waals surface area contributed by atoms with Crippen molar-refractivity contribution in [2.75, 3.05) is 20.3 Å². The van der Waals surface area contributed by atoms with Gasteiger partial charge in [-0.1, -0.05) is 54.6 Å². The lowest BCUT2D eigenvalue weighted by atomic mass is 10.1. The number of nitrogens with zero attached hydrogens (tertiary/aromatic N) is 1. The number of fused-ring (bicyclic) bond motifs is 3. The first-order chi connectivity index (χ1) is 16.6. The lowest BCUT2D eigenvalue weighted by Crippen LogP contribution is -2.51. The predicted molar refractivity (Wildman–Crippen MR) is 128 cm³/mol. The topological polar surface area (TPSA) is 77.1 Å². The van der Waals surface area contributed by atoms with Crippen molar-refractivity contribution in [3.05, 3.63) is 77.9 Å². The van der Waals surface area contributed by atoms with E-state index >= 15 is 0 Å². The zero-order valence-electron chi connectivity index (χ0n) is 19.5. The molecule has 0 aliphatic carbocycles. The monoisotopic (exact) mass is 464 g/mol. The number of amides is 2. The number of nitrogens with one attached hydrogen (secondary N) is 1. The number of ether oxygens (including phenoxy) is 3. The minimum atomic E-state index is -0.724. The van der Waals surface area contributed by atoms with Gasteiger partial charge in [0, 0.05) is 13.7 Å². The fraction of sp³-hybridized carbons (Fsp3) is 0.407. The Hall–Kier alpha value is -3.32. The van der Waals surface area contributed by atoms with E-state index < -0.39 is 12.1 Å². The van der Waals surface area contributed by atoms with Gasteiger partial charge in [0.05, 0.1) is 12.1 Å². The van der Waals surface area contributed by atoms with E-state index in [2.05, 4.69) is 23.5 Å². The van der Waals surface area contributed by atoms with Crippen molar-refractivity contribution in [1.82, 2.24) is 10.2 Å². The summed E-state index contributed by atoms with van der Waals surface area (Å²) < 4.78 is 17.0. The van der Waals surface area contributed by atoms with Crippen LogP contribution in [0.4, 0.5) is 4.79 Å². The van der Waals surface area contributed by atoms with E-state index in [-0.39, 0.29) is 24.7 Å². The summed E-state index contributed by atoms with van der Waals surface area (Å²) in [4.78, 5) is 27.9. The maximum absolute atomic E-state index is 13.6. The first kappa shape index (κ1) is 23.8. The van der Waals surface area contributed by atoms with Gasteiger partial charge >= 0.3 is 6.09 Å². The van der Waals surface area contributed by atoms with Crippen LogP contribution in [0.3, 0.4) is 0 Å². The summed E-state index contributed by atoms with van der Waals surface area (Å²) in [6, 6.07) is 16.7. The second kappa shape index (κ2) is 11.7. The molecule has 2 bridgehead atoms. The molecule has 3 atom stereocenters. The van der Waals surface area contributed by atoms with Crippen molar-refractivity contribution in [2.45, 2.75) is 50.5 Å². The molecule has 180 valence electrons. The van der Waals surface area contributed by atoms with Crippen LogP contribution in [0.25, 0.3) is 0 Å². The van der Waals surface area contributed by atoms with Gasteiger partial charge in [0.15, 0.2) is 0 Å². The maximum Gasteiger partial charge on any atom is 0.408 e. The number of carbonyl (C=O) groups excluding carboxylic acids is 2. The van der Waals surface area contributed by atoms with E-state index in [0.29, 0.717) is 26.0 Å². The van der Waals surface area contributed by atoms with Crippen molar-refractivity contribution in [1.29, 1.82) is 0 Å². The molecule has 2 aliphatic heterocycles. The summed E-state index contributed by atoms with van der Waals surface area (Å²) in [5.74, 6) is 0.645. The van der Waals surface area contributed by atoms with Gasteiger partial charge in [0.25, 0.3) is 0 Å². The van der Waals surface area contributed by atoms with Crippen molar-refractivity contribution >= 4 is 12.0 Å². The van der Waals surface area contributed by atoms with Gasteiger partial charge in [0.2, 0.25) is 5.91 Å². The van der Waals surface area contributed by atoms with E-state index in [4.69, 9.17) is 14.2 Å². The molecular weight excluding hydrogens is 432 g/mol. The zero-order valence-corrected chi connectivity index (χ0v) is 19.5. The molecule has 2 heterocycles.